The molecule has 1 aliphatic heterocycles. The summed E-state index contributed by atoms with van der Waals surface area (Å²) in [6.07, 6.45) is -2.64. The Morgan fingerprint density at radius 3 is 2.82 bits per heavy atom. The van der Waals surface area contributed by atoms with Crippen LogP contribution in [0.2, 0.25) is 0 Å². The molecule has 0 amide bonds. The fourth-order valence-corrected chi connectivity index (χ4v) is 0.869. The summed E-state index contributed by atoms with van der Waals surface area (Å²) in [6.45, 7) is -1.24. The van der Waals surface area contributed by atoms with Crippen LogP contribution in [0, 0.1) is 0 Å². The molecule has 5 heteroatoms. The SMILES string of the molecule is [2H]C[C@@]1(O)C(=O)O[C@H](CO)[C@H]1O. The van der Waals surface area contributed by atoms with E-state index in [1.54, 1.807) is 0 Å². The Bertz CT molecular complexity index is 196. The molecule has 0 aromatic carbocycles. The van der Waals surface area contributed by atoms with E-state index < -0.39 is 37.3 Å². The van der Waals surface area contributed by atoms with Crippen molar-refractivity contribution in [1.29, 1.82) is 0 Å². The summed E-state index contributed by atoms with van der Waals surface area (Å²) in [6, 6.07) is 0. The van der Waals surface area contributed by atoms with Crippen LogP contribution in [0.15, 0.2) is 0 Å². The molecule has 0 aliphatic carbocycles. The number of ether oxygens (including phenoxy) is 1. The quantitative estimate of drug-likeness (QED) is 0.390. The highest BCUT2D eigenvalue weighted by Gasteiger charge is 2.52. The molecular weight excluding hydrogens is 152 g/mol. The van der Waals surface area contributed by atoms with Crippen LogP contribution >= 0.6 is 0 Å². The number of carbonyl (C=O) groups is 1. The van der Waals surface area contributed by atoms with Crippen LogP contribution in [-0.2, 0) is 9.53 Å². The van der Waals surface area contributed by atoms with E-state index in [1.165, 1.54) is 0 Å². The lowest BCUT2D eigenvalue weighted by atomic mass is 9.99. The molecule has 11 heavy (non-hydrogen) atoms. The second-order valence-electron chi connectivity index (χ2n) is 2.50. The van der Waals surface area contributed by atoms with Gasteiger partial charge in [-0.25, -0.2) is 4.79 Å². The van der Waals surface area contributed by atoms with Crippen LogP contribution < -0.4 is 0 Å². The van der Waals surface area contributed by atoms with Crippen LogP contribution in [0.25, 0.3) is 0 Å². The monoisotopic (exact) mass is 163 g/mol. The number of esters is 1. The Balaban J connectivity index is 2.83. The average molecular weight is 163 g/mol. The van der Waals surface area contributed by atoms with Gasteiger partial charge in [0.15, 0.2) is 11.7 Å². The lowest BCUT2D eigenvalue weighted by Crippen LogP contribution is -2.43. The van der Waals surface area contributed by atoms with E-state index in [1.807, 2.05) is 0 Å². The zero-order valence-corrected chi connectivity index (χ0v) is 5.73. The maximum absolute atomic E-state index is 10.8. The van der Waals surface area contributed by atoms with Crippen molar-refractivity contribution in [2.45, 2.75) is 24.7 Å². The van der Waals surface area contributed by atoms with Gasteiger partial charge in [0.1, 0.15) is 6.10 Å². The van der Waals surface area contributed by atoms with E-state index in [0.717, 1.165) is 0 Å². The van der Waals surface area contributed by atoms with Crippen LogP contribution in [-0.4, -0.2) is 45.7 Å². The molecule has 1 fully saturated rings. The highest BCUT2D eigenvalue weighted by atomic mass is 16.6. The van der Waals surface area contributed by atoms with E-state index in [9.17, 15) is 15.0 Å². The van der Waals surface area contributed by atoms with Crippen molar-refractivity contribution in [1.82, 2.24) is 0 Å². The summed E-state index contributed by atoms with van der Waals surface area (Å²) in [5, 5.41) is 27.1. The fraction of sp³-hybridized carbons (Fsp3) is 0.833. The molecular formula is C6H10O5. The van der Waals surface area contributed by atoms with Crippen LogP contribution in [0.4, 0.5) is 0 Å². The largest absolute Gasteiger partial charge is 0.455 e. The molecule has 3 atom stereocenters. The molecule has 1 aliphatic rings. The van der Waals surface area contributed by atoms with Gasteiger partial charge in [-0.1, -0.05) is 0 Å². The lowest BCUT2D eigenvalue weighted by molar-refractivity contribution is -0.155. The standard InChI is InChI=1S/C6H10O5/c1-6(10)4(8)3(2-7)11-5(6)9/h3-4,7-8,10H,2H2,1H3/t3-,4-,6+/m1/s1/i1D. The number of aliphatic hydroxyl groups excluding tert-OH is 2. The van der Waals surface area contributed by atoms with Gasteiger partial charge in [0, 0.05) is 1.37 Å². The average Bonchev–Trinajstić information content (AvgIpc) is 2.30. The minimum atomic E-state index is -2.17. The van der Waals surface area contributed by atoms with E-state index in [4.69, 9.17) is 6.48 Å². The minimum absolute atomic E-state index is 0.560. The van der Waals surface area contributed by atoms with Gasteiger partial charge in [-0.3, -0.25) is 0 Å². The van der Waals surface area contributed by atoms with Crippen LogP contribution in [0.3, 0.4) is 0 Å². The van der Waals surface area contributed by atoms with Gasteiger partial charge in [0.25, 0.3) is 0 Å². The first kappa shape index (κ1) is 7.02. The number of hydrogen-bond donors (Lipinski definition) is 3. The second-order valence-corrected chi connectivity index (χ2v) is 2.50. The van der Waals surface area contributed by atoms with Gasteiger partial charge < -0.3 is 20.1 Å². The normalized spacial score (nSPS) is 45.4. The lowest BCUT2D eigenvalue weighted by Gasteiger charge is -2.16. The van der Waals surface area contributed by atoms with Crippen molar-refractivity contribution in [2.24, 2.45) is 0 Å². The predicted molar refractivity (Wildman–Crippen MR) is 33.6 cm³/mol. The summed E-state index contributed by atoms with van der Waals surface area (Å²) in [5.74, 6) is -1.05. The number of aliphatic hydroxyl groups is 3. The van der Waals surface area contributed by atoms with Gasteiger partial charge in [-0.15, -0.1) is 0 Å². The molecule has 0 aromatic heterocycles. The maximum atomic E-state index is 10.8. The molecule has 64 valence electrons. The second kappa shape index (κ2) is 2.44. The summed E-state index contributed by atoms with van der Waals surface area (Å²) >= 11 is 0. The van der Waals surface area contributed by atoms with Crippen LogP contribution in [0.1, 0.15) is 8.27 Å². The first-order chi connectivity index (χ1) is 5.56. The van der Waals surface area contributed by atoms with Gasteiger partial charge in [-0.05, 0) is 6.90 Å². The third-order valence-corrected chi connectivity index (χ3v) is 1.63. The van der Waals surface area contributed by atoms with Gasteiger partial charge >= 0.3 is 5.97 Å². The third kappa shape index (κ3) is 1.11. The number of cyclic esters (lactones) is 1. The third-order valence-electron chi connectivity index (χ3n) is 1.63. The smallest absolute Gasteiger partial charge is 0.341 e. The molecule has 0 saturated carbocycles. The van der Waals surface area contributed by atoms with Crippen molar-refractivity contribution >= 4 is 5.97 Å². The molecule has 0 aromatic rings. The Kier molecular flexibility index (Phi) is 1.56. The van der Waals surface area contributed by atoms with Gasteiger partial charge in [0.05, 0.1) is 6.61 Å². The first-order valence-electron chi connectivity index (χ1n) is 3.78. The summed E-state index contributed by atoms with van der Waals surface area (Å²) in [4.78, 5) is 10.8. The van der Waals surface area contributed by atoms with E-state index in [0.29, 0.717) is 0 Å². The zero-order valence-electron chi connectivity index (χ0n) is 6.73. The molecule has 1 rings (SSSR count). The van der Waals surface area contributed by atoms with Crippen molar-refractivity contribution in [3.63, 3.8) is 0 Å². The fourth-order valence-electron chi connectivity index (χ4n) is 0.869. The molecule has 5 nitrogen and oxygen atoms in total. The maximum Gasteiger partial charge on any atom is 0.341 e. The molecule has 1 heterocycles. The molecule has 3 N–H and O–H groups in total. The van der Waals surface area contributed by atoms with Crippen LogP contribution in [0.5, 0.6) is 0 Å². The van der Waals surface area contributed by atoms with E-state index in [2.05, 4.69) is 4.74 Å². The summed E-state index contributed by atoms with van der Waals surface area (Å²) < 4.78 is 11.3. The Morgan fingerprint density at radius 2 is 2.55 bits per heavy atom. The predicted octanol–water partition coefficient (Wildman–Crippen LogP) is -1.98. The topological polar surface area (TPSA) is 87.0 Å². The number of hydrogen-bond acceptors (Lipinski definition) is 5. The van der Waals surface area contributed by atoms with Gasteiger partial charge in [0.2, 0.25) is 0 Å². The minimum Gasteiger partial charge on any atom is -0.455 e. The Hall–Kier alpha value is -0.650. The molecule has 1 saturated heterocycles. The highest BCUT2D eigenvalue weighted by molar-refractivity contribution is 5.82. The Labute approximate surface area is 64.6 Å². The van der Waals surface area contributed by atoms with Crippen molar-refractivity contribution in [3.8, 4) is 0 Å². The first-order valence-corrected chi connectivity index (χ1v) is 3.08. The van der Waals surface area contributed by atoms with Crippen molar-refractivity contribution in [3.05, 3.63) is 0 Å². The Morgan fingerprint density at radius 1 is 1.91 bits per heavy atom. The van der Waals surface area contributed by atoms with Crippen molar-refractivity contribution < 1.29 is 26.2 Å². The van der Waals surface area contributed by atoms with E-state index in [-0.39, 0.29) is 0 Å². The molecule has 0 bridgehead atoms. The molecule has 0 spiro atoms. The zero-order chi connectivity index (χ0) is 9.35. The summed E-state index contributed by atoms with van der Waals surface area (Å²) in [5.41, 5.74) is -2.17. The number of rotatable bonds is 1. The van der Waals surface area contributed by atoms with Gasteiger partial charge in [-0.2, -0.15) is 0 Å². The highest BCUT2D eigenvalue weighted by Crippen LogP contribution is 2.25. The molecule has 0 unspecified atom stereocenters. The number of carbonyl (C=O) groups excluding carboxylic acids is 1. The molecule has 0 radical (unpaired) electrons. The summed E-state index contributed by atoms with van der Waals surface area (Å²) in [7, 11) is 0. The van der Waals surface area contributed by atoms with Crippen molar-refractivity contribution in [2.75, 3.05) is 6.61 Å². The van der Waals surface area contributed by atoms with E-state index >= 15 is 0 Å².